The number of amides is 2. The van der Waals surface area contributed by atoms with Gasteiger partial charge >= 0.3 is 15.2 Å². The molecule has 212 valence electrons. The topological polar surface area (TPSA) is 223 Å². The van der Waals surface area contributed by atoms with Gasteiger partial charge in [-0.3, -0.25) is 18.7 Å². The summed E-state index contributed by atoms with van der Waals surface area (Å²) in [7, 11) is -11.1. The van der Waals surface area contributed by atoms with E-state index in [0.717, 1.165) is 11.3 Å². The van der Waals surface area contributed by atoms with Gasteiger partial charge in [0.2, 0.25) is 11.8 Å². The maximum atomic E-state index is 12.4. The van der Waals surface area contributed by atoms with Gasteiger partial charge in [-0.05, 0) is 37.5 Å². The summed E-state index contributed by atoms with van der Waals surface area (Å²) in [6.07, 6.45) is -1.13. The Morgan fingerprint density at radius 1 is 1.03 bits per heavy atom. The Labute approximate surface area is 225 Å². The van der Waals surface area contributed by atoms with Crippen LogP contribution >= 0.6 is 38.4 Å². The standard InChI is InChI=1S/C20H34Cl2N4O9P2/c1-14(18(27)24-10-2-7-20(29,36(30,31)32)37(33,34)35)25-19(28)17(23)13-15-3-5-16(6-4-15)26(11-8-21)12-9-22/h3-6,14,17,29H,2,7-13,23H2,1H3,(H,24,27)(H,25,28)(H2,30,31,32)(H2,33,34,35)/t14-,17-/m0/s1. The molecule has 13 nitrogen and oxygen atoms in total. The van der Waals surface area contributed by atoms with Crippen LogP contribution in [0.3, 0.4) is 0 Å². The molecular formula is C20H34Cl2N4O9P2. The molecule has 0 aliphatic carbocycles. The molecule has 0 aliphatic rings. The molecule has 0 spiro atoms. The number of carbonyl (C=O) groups is 2. The summed E-state index contributed by atoms with van der Waals surface area (Å²) in [5.74, 6) is -0.369. The van der Waals surface area contributed by atoms with Crippen LogP contribution in [0.1, 0.15) is 25.3 Å². The van der Waals surface area contributed by atoms with Crippen LogP contribution in [0.25, 0.3) is 0 Å². The highest BCUT2D eigenvalue weighted by atomic mass is 35.5. The van der Waals surface area contributed by atoms with Crippen molar-refractivity contribution < 1.29 is 43.4 Å². The predicted molar refractivity (Wildman–Crippen MR) is 141 cm³/mol. The van der Waals surface area contributed by atoms with Crippen LogP contribution in [0.5, 0.6) is 0 Å². The lowest BCUT2D eigenvalue weighted by molar-refractivity contribution is -0.129. The lowest BCUT2D eigenvalue weighted by Gasteiger charge is -2.29. The van der Waals surface area contributed by atoms with Gasteiger partial charge in [0.25, 0.3) is 5.08 Å². The average Bonchev–Trinajstić information content (AvgIpc) is 2.80. The first-order chi connectivity index (χ1) is 17.1. The van der Waals surface area contributed by atoms with E-state index in [1.807, 2.05) is 29.2 Å². The van der Waals surface area contributed by atoms with Crippen molar-refractivity contribution in [2.45, 2.75) is 43.4 Å². The van der Waals surface area contributed by atoms with Gasteiger partial charge in [0.15, 0.2) is 0 Å². The Hall–Kier alpha value is -1.24. The van der Waals surface area contributed by atoms with Gasteiger partial charge in [0, 0.05) is 43.5 Å². The number of rotatable bonds is 16. The summed E-state index contributed by atoms with van der Waals surface area (Å²) >= 11 is 11.7. The second-order valence-electron chi connectivity index (χ2n) is 8.33. The van der Waals surface area contributed by atoms with Crippen molar-refractivity contribution in [2.75, 3.05) is 36.3 Å². The van der Waals surface area contributed by atoms with Gasteiger partial charge < -0.3 is 45.9 Å². The fourth-order valence-electron chi connectivity index (χ4n) is 3.30. The quantitative estimate of drug-likeness (QED) is 0.0722. The van der Waals surface area contributed by atoms with E-state index in [1.54, 1.807) is 0 Å². The van der Waals surface area contributed by atoms with Crippen molar-refractivity contribution in [3.05, 3.63) is 29.8 Å². The molecule has 0 saturated heterocycles. The minimum absolute atomic E-state index is 0.203. The summed E-state index contributed by atoms with van der Waals surface area (Å²) in [6.45, 7) is 2.37. The van der Waals surface area contributed by atoms with Gasteiger partial charge in [0.1, 0.15) is 6.04 Å². The summed E-state index contributed by atoms with van der Waals surface area (Å²) < 4.78 is 22.7. The van der Waals surface area contributed by atoms with Crippen LogP contribution in [0, 0.1) is 0 Å². The first kappa shape index (κ1) is 33.8. The number of aliphatic hydroxyl groups is 1. The van der Waals surface area contributed by atoms with Gasteiger partial charge in [-0.15, -0.1) is 23.2 Å². The lowest BCUT2D eigenvalue weighted by Crippen LogP contribution is -2.51. The van der Waals surface area contributed by atoms with E-state index in [-0.39, 0.29) is 19.4 Å². The second kappa shape index (κ2) is 14.8. The normalized spacial score (nSPS) is 14.1. The number of nitrogens with one attached hydrogen (secondary N) is 2. The third-order valence-corrected chi connectivity index (χ3v) is 9.69. The molecule has 1 aromatic rings. The van der Waals surface area contributed by atoms with Crippen LogP contribution in [0.15, 0.2) is 24.3 Å². The van der Waals surface area contributed by atoms with Gasteiger partial charge in [0.05, 0.1) is 6.04 Å². The number of hydrogen-bond donors (Lipinski definition) is 8. The zero-order valence-corrected chi connectivity index (χ0v) is 23.5. The molecule has 2 atom stereocenters. The van der Waals surface area contributed by atoms with E-state index in [1.165, 1.54) is 6.92 Å². The Bertz CT molecular complexity index is 963. The smallest absolute Gasteiger partial charge is 0.369 e. The van der Waals surface area contributed by atoms with Crippen molar-refractivity contribution in [3.63, 3.8) is 0 Å². The zero-order valence-electron chi connectivity index (χ0n) is 20.2. The molecule has 0 aliphatic heterocycles. The summed E-state index contributed by atoms with van der Waals surface area (Å²) in [5.41, 5.74) is 7.70. The largest absolute Gasteiger partial charge is 0.369 e. The van der Waals surface area contributed by atoms with Crippen LogP contribution in [-0.2, 0) is 25.1 Å². The van der Waals surface area contributed by atoms with Crippen molar-refractivity contribution in [2.24, 2.45) is 5.73 Å². The molecule has 1 aromatic carbocycles. The number of hydrogen-bond acceptors (Lipinski definition) is 7. The number of nitrogens with zero attached hydrogens (tertiary/aromatic N) is 1. The van der Waals surface area contributed by atoms with E-state index in [9.17, 15) is 23.8 Å². The number of nitrogens with two attached hydrogens (primary N) is 1. The van der Waals surface area contributed by atoms with Crippen LogP contribution in [-0.4, -0.2) is 85.1 Å². The molecule has 0 saturated carbocycles. The first-order valence-corrected chi connectivity index (χ1v) is 15.5. The fraction of sp³-hybridized carbons (Fsp3) is 0.600. The average molecular weight is 607 g/mol. The third kappa shape index (κ3) is 10.1. The molecule has 17 heteroatoms. The van der Waals surface area contributed by atoms with E-state index < -0.39 is 50.6 Å². The molecule has 0 radical (unpaired) electrons. The Kier molecular flexibility index (Phi) is 13.5. The van der Waals surface area contributed by atoms with Crippen molar-refractivity contribution in [3.8, 4) is 0 Å². The van der Waals surface area contributed by atoms with E-state index in [2.05, 4.69) is 10.6 Å². The fourth-order valence-corrected chi connectivity index (χ4v) is 5.97. The molecule has 1 rings (SSSR count). The minimum Gasteiger partial charge on any atom is -0.369 e. The number of halogens is 2. The Morgan fingerprint density at radius 2 is 1.54 bits per heavy atom. The van der Waals surface area contributed by atoms with Gasteiger partial charge in [-0.2, -0.15) is 0 Å². The highest BCUT2D eigenvalue weighted by molar-refractivity contribution is 7.72. The molecule has 0 aromatic heterocycles. The van der Waals surface area contributed by atoms with E-state index in [4.69, 9.17) is 48.5 Å². The maximum absolute atomic E-state index is 12.4. The minimum atomic E-state index is -5.57. The van der Waals surface area contributed by atoms with Crippen LogP contribution < -0.4 is 21.3 Å². The van der Waals surface area contributed by atoms with Gasteiger partial charge in [-0.25, -0.2) is 0 Å². The number of carbonyl (C=O) groups excluding carboxylic acids is 2. The number of anilines is 1. The number of alkyl halides is 2. The van der Waals surface area contributed by atoms with Crippen molar-refractivity contribution >= 4 is 55.9 Å². The molecule has 2 amide bonds. The highest BCUT2D eigenvalue weighted by Gasteiger charge is 2.58. The molecule has 37 heavy (non-hydrogen) atoms. The predicted octanol–water partition coefficient (Wildman–Crippen LogP) is 0.243. The highest BCUT2D eigenvalue weighted by Crippen LogP contribution is 2.69. The third-order valence-electron chi connectivity index (χ3n) is 5.48. The van der Waals surface area contributed by atoms with Crippen LogP contribution in [0.2, 0.25) is 0 Å². The van der Waals surface area contributed by atoms with Crippen LogP contribution in [0.4, 0.5) is 5.69 Å². The Balaban J connectivity index is 2.57. The summed E-state index contributed by atoms with van der Waals surface area (Å²) in [5, 5.41) is 11.1. The Morgan fingerprint density at radius 3 is 2.00 bits per heavy atom. The molecule has 0 bridgehead atoms. The number of benzene rings is 1. The molecular weight excluding hydrogens is 573 g/mol. The zero-order chi connectivity index (χ0) is 28.4. The molecule has 0 unspecified atom stereocenters. The van der Waals surface area contributed by atoms with E-state index in [0.29, 0.717) is 24.8 Å². The molecule has 0 fully saturated rings. The molecule has 9 N–H and O–H groups in total. The van der Waals surface area contributed by atoms with Gasteiger partial charge in [-0.1, -0.05) is 12.1 Å². The summed E-state index contributed by atoms with van der Waals surface area (Å²) in [6, 6.07) is 5.41. The van der Waals surface area contributed by atoms with E-state index >= 15 is 0 Å². The monoisotopic (exact) mass is 606 g/mol. The maximum Gasteiger partial charge on any atom is 0.369 e. The van der Waals surface area contributed by atoms with Crippen molar-refractivity contribution in [1.29, 1.82) is 0 Å². The lowest BCUT2D eigenvalue weighted by atomic mass is 10.0. The summed E-state index contributed by atoms with van der Waals surface area (Å²) in [4.78, 5) is 63.1. The molecule has 0 heterocycles. The second-order valence-corrected chi connectivity index (χ2v) is 13.1. The first-order valence-electron chi connectivity index (χ1n) is 11.2. The SMILES string of the molecule is C[C@H](NC(=O)[C@@H](N)Cc1ccc(N(CCCl)CCCl)cc1)C(=O)NCCCC(O)(P(=O)(O)O)P(=O)(O)O. The van der Waals surface area contributed by atoms with Crippen molar-refractivity contribution in [1.82, 2.24) is 10.6 Å².